The Balaban J connectivity index is 2.49. The Morgan fingerprint density at radius 2 is 2.18 bits per heavy atom. The molecule has 0 fully saturated rings. The lowest BCUT2D eigenvalue weighted by Crippen LogP contribution is -2.01. The Hall–Kier alpha value is -0.360. The van der Waals surface area contributed by atoms with Gasteiger partial charge in [0, 0.05) is 31.9 Å². The van der Waals surface area contributed by atoms with E-state index in [0.29, 0.717) is 0 Å². The van der Waals surface area contributed by atoms with Crippen LogP contribution in [0, 0.1) is 3.57 Å². The fraction of sp³-hybridized carbons (Fsp3) is 0.308. The molecule has 1 heterocycles. The zero-order valence-corrected chi connectivity index (χ0v) is 13.2. The number of nitrogens with zero attached hydrogens (tertiary/aromatic N) is 1. The zero-order chi connectivity index (χ0) is 12.0. The number of pyridine rings is 1. The van der Waals surface area contributed by atoms with Gasteiger partial charge in [0.1, 0.15) is 0 Å². The van der Waals surface area contributed by atoms with Gasteiger partial charge >= 0.3 is 0 Å². The van der Waals surface area contributed by atoms with E-state index in [9.17, 15) is 0 Å². The van der Waals surface area contributed by atoms with Gasteiger partial charge < -0.3 is 5.32 Å². The lowest BCUT2D eigenvalue weighted by atomic mass is 10.1. The van der Waals surface area contributed by atoms with Gasteiger partial charge in [-0.25, -0.2) is 0 Å². The molecule has 1 aliphatic carbocycles. The van der Waals surface area contributed by atoms with E-state index < -0.39 is 0 Å². The maximum atomic E-state index is 4.83. The van der Waals surface area contributed by atoms with E-state index in [1.807, 2.05) is 7.05 Å². The zero-order valence-electron chi connectivity index (χ0n) is 9.48. The van der Waals surface area contributed by atoms with Crippen LogP contribution in [0.2, 0.25) is 0 Å². The van der Waals surface area contributed by atoms with Crippen LogP contribution in [0.5, 0.6) is 0 Å². The molecule has 1 N–H and O–H groups in total. The third-order valence-corrected chi connectivity index (χ3v) is 4.85. The van der Waals surface area contributed by atoms with Gasteiger partial charge in [0.25, 0.3) is 0 Å². The predicted molar refractivity (Wildman–Crippen MR) is 83.7 cm³/mol. The number of fused-ring (bicyclic) bond motifs is 2. The summed E-state index contributed by atoms with van der Waals surface area (Å²) >= 11 is 6.00. The highest BCUT2D eigenvalue weighted by molar-refractivity contribution is 14.1. The van der Waals surface area contributed by atoms with Crippen LogP contribution in [0.15, 0.2) is 16.6 Å². The molecule has 0 saturated heterocycles. The number of hydrogen-bond acceptors (Lipinski definition) is 2. The van der Waals surface area contributed by atoms with Crippen molar-refractivity contribution in [2.75, 3.05) is 12.4 Å². The topological polar surface area (TPSA) is 24.9 Å². The van der Waals surface area contributed by atoms with E-state index in [1.54, 1.807) is 0 Å². The third kappa shape index (κ3) is 1.76. The Kier molecular flexibility index (Phi) is 3.02. The molecule has 2 nitrogen and oxygen atoms in total. The fourth-order valence-electron chi connectivity index (χ4n) is 2.57. The molecule has 0 aliphatic heterocycles. The highest BCUT2D eigenvalue weighted by Gasteiger charge is 2.20. The summed E-state index contributed by atoms with van der Waals surface area (Å²) in [5.74, 6) is 0. The van der Waals surface area contributed by atoms with Gasteiger partial charge in [0.15, 0.2) is 0 Å². The maximum absolute atomic E-state index is 4.83. The summed E-state index contributed by atoms with van der Waals surface area (Å²) in [4.78, 5) is 4.83. The number of rotatable bonds is 1. The van der Waals surface area contributed by atoms with Crippen molar-refractivity contribution < 1.29 is 0 Å². The van der Waals surface area contributed by atoms with Crippen LogP contribution in [-0.2, 0) is 12.8 Å². The molecule has 1 aliphatic rings. The number of aryl methyl sites for hydroxylation is 1. The number of aromatic nitrogens is 1. The summed E-state index contributed by atoms with van der Waals surface area (Å²) in [6.45, 7) is 0. The van der Waals surface area contributed by atoms with Crippen LogP contribution >= 0.6 is 38.5 Å². The highest BCUT2D eigenvalue weighted by Crippen LogP contribution is 2.38. The van der Waals surface area contributed by atoms with Gasteiger partial charge in [-0.15, -0.1) is 0 Å². The van der Waals surface area contributed by atoms with Gasteiger partial charge in [-0.1, -0.05) is 0 Å². The molecule has 17 heavy (non-hydrogen) atoms. The van der Waals surface area contributed by atoms with Gasteiger partial charge in [-0.05, 0) is 75.5 Å². The van der Waals surface area contributed by atoms with Crippen LogP contribution in [0.4, 0.5) is 5.69 Å². The molecular formula is C13H12BrIN2. The minimum atomic E-state index is 1.08. The first-order valence-electron chi connectivity index (χ1n) is 5.69. The Labute approximate surface area is 122 Å². The molecule has 2 aromatic rings. The second kappa shape index (κ2) is 4.39. The average Bonchev–Trinajstić information content (AvgIpc) is 2.79. The van der Waals surface area contributed by atoms with E-state index in [0.717, 1.165) is 22.8 Å². The summed E-state index contributed by atoms with van der Waals surface area (Å²) in [7, 11) is 2.00. The van der Waals surface area contributed by atoms with Gasteiger partial charge in [-0.2, -0.15) is 0 Å². The summed E-state index contributed by atoms with van der Waals surface area (Å²) in [6, 6.07) is 4.22. The fourth-order valence-corrected chi connectivity index (χ4v) is 3.69. The highest BCUT2D eigenvalue weighted by atomic mass is 127. The van der Waals surface area contributed by atoms with Crippen molar-refractivity contribution in [2.45, 2.75) is 19.3 Å². The van der Waals surface area contributed by atoms with E-state index in [1.165, 1.54) is 32.3 Å². The molecule has 0 spiro atoms. The predicted octanol–water partition coefficient (Wildman–Crippen LogP) is 4.13. The molecule has 0 amide bonds. The summed E-state index contributed by atoms with van der Waals surface area (Å²) < 4.78 is 2.34. The van der Waals surface area contributed by atoms with E-state index in [2.05, 4.69) is 56.0 Å². The first-order chi connectivity index (χ1) is 8.22. The van der Waals surface area contributed by atoms with Crippen molar-refractivity contribution in [1.29, 1.82) is 0 Å². The number of hydrogen-bond donors (Lipinski definition) is 1. The molecule has 0 saturated carbocycles. The van der Waals surface area contributed by atoms with Crippen molar-refractivity contribution in [3.63, 3.8) is 0 Å². The second-order valence-corrected chi connectivity index (χ2v) is 6.28. The summed E-state index contributed by atoms with van der Waals surface area (Å²) in [6.07, 6.45) is 3.48. The number of benzene rings is 1. The minimum absolute atomic E-state index is 1.08. The molecule has 0 atom stereocenters. The van der Waals surface area contributed by atoms with E-state index >= 15 is 0 Å². The molecule has 0 bridgehead atoms. The average molecular weight is 403 g/mol. The smallest absolute Gasteiger partial charge is 0.0878 e. The molecule has 1 aromatic heterocycles. The lowest BCUT2D eigenvalue weighted by Gasteiger charge is -2.14. The van der Waals surface area contributed by atoms with Crippen molar-refractivity contribution in [3.8, 4) is 0 Å². The number of anilines is 1. The van der Waals surface area contributed by atoms with Crippen LogP contribution in [0.3, 0.4) is 0 Å². The molecule has 0 radical (unpaired) electrons. The quantitative estimate of drug-likeness (QED) is 0.725. The molecule has 0 unspecified atom stereocenters. The van der Waals surface area contributed by atoms with Crippen molar-refractivity contribution in [2.24, 2.45) is 0 Å². The molecule has 3 rings (SSSR count). The molecule has 4 heteroatoms. The summed E-state index contributed by atoms with van der Waals surface area (Å²) in [5, 5.41) is 4.63. The molecule has 1 aromatic carbocycles. The van der Waals surface area contributed by atoms with Crippen LogP contribution < -0.4 is 5.32 Å². The first-order valence-corrected chi connectivity index (χ1v) is 7.56. The molecule has 88 valence electrons. The van der Waals surface area contributed by atoms with E-state index in [-0.39, 0.29) is 0 Å². The SMILES string of the molecule is CNc1c2c(nc3c(Br)ccc(I)c13)CCC2. The van der Waals surface area contributed by atoms with Gasteiger partial charge in [0.2, 0.25) is 0 Å². The molecular weight excluding hydrogens is 391 g/mol. The monoisotopic (exact) mass is 402 g/mol. The second-order valence-electron chi connectivity index (χ2n) is 4.27. The van der Waals surface area contributed by atoms with Crippen molar-refractivity contribution >= 4 is 55.1 Å². The Bertz CT molecular complexity index is 610. The largest absolute Gasteiger partial charge is 0.387 e. The van der Waals surface area contributed by atoms with Crippen LogP contribution in [0.25, 0.3) is 10.9 Å². The normalized spacial score (nSPS) is 14.1. The van der Waals surface area contributed by atoms with Crippen molar-refractivity contribution in [1.82, 2.24) is 4.98 Å². The lowest BCUT2D eigenvalue weighted by molar-refractivity contribution is 0.901. The van der Waals surface area contributed by atoms with E-state index in [4.69, 9.17) is 4.98 Å². The van der Waals surface area contributed by atoms with Crippen molar-refractivity contribution in [3.05, 3.63) is 31.4 Å². The first kappa shape index (κ1) is 11.7. The Morgan fingerprint density at radius 1 is 1.35 bits per heavy atom. The standard InChI is InChI=1S/C13H12BrIN2/c1-16-12-7-3-2-4-10(7)17-13-8(14)5-6-9(15)11(12)13/h5-6H,2-4H2,1H3,(H,16,17). The Morgan fingerprint density at radius 3 is 2.94 bits per heavy atom. The number of nitrogens with one attached hydrogen (secondary N) is 1. The minimum Gasteiger partial charge on any atom is -0.387 e. The van der Waals surface area contributed by atoms with Gasteiger partial charge in [-0.3, -0.25) is 4.98 Å². The van der Waals surface area contributed by atoms with Crippen LogP contribution in [-0.4, -0.2) is 12.0 Å². The van der Waals surface area contributed by atoms with Gasteiger partial charge in [0.05, 0.1) is 5.52 Å². The number of halogens is 2. The maximum Gasteiger partial charge on any atom is 0.0878 e. The summed E-state index contributed by atoms with van der Waals surface area (Å²) in [5.41, 5.74) is 5.04. The van der Waals surface area contributed by atoms with Crippen LogP contribution in [0.1, 0.15) is 17.7 Å². The third-order valence-electron chi connectivity index (χ3n) is 3.32.